The van der Waals surface area contributed by atoms with E-state index < -0.39 is 23.3 Å². The lowest BCUT2D eigenvalue weighted by Crippen LogP contribution is -2.59. The van der Waals surface area contributed by atoms with Crippen LogP contribution >= 0.6 is 0 Å². The largest absolute Gasteiger partial charge is 0.479 e. The average Bonchev–Trinajstić information content (AvgIpc) is 2.63. The molecule has 5 nitrogen and oxygen atoms in total. The second-order valence-electron chi connectivity index (χ2n) is 5.49. The summed E-state index contributed by atoms with van der Waals surface area (Å²) < 4.78 is 0. The van der Waals surface area contributed by atoms with Crippen LogP contribution in [0.2, 0.25) is 0 Å². The third-order valence-corrected chi connectivity index (χ3v) is 4.44. The molecule has 0 bridgehead atoms. The summed E-state index contributed by atoms with van der Waals surface area (Å²) in [6.07, 6.45) is 4.46. The fraction of sp³-hybridized carbons (Fsp3) is 0.643. The van der Waals surface area contributed by atoms with Crippen LogP contribution in [0.5, 0.6) is 0 Å². The second kappa shape index (κ2) is 4.79. The summed E-state index contributed by atoms with van der Waals surface area (Å²) in [5, 5.41) is 9.56. The van der Waals surface area contributed by atoms with E-state index in [1.807, 2.05) is 0 Å². The van der Waals surface area contributed by atoms with E-state index in [0.29, 0.717) is 24.3 Å². The van der Waals surface area contributed by atoms with Crippen molar-refractivity contribution < 1.29 is 19.5 Å². The maximum absolute atomic E-state index is 12.0. The van der Waals surface area contributed by atoms with E-state index in [1.54, 1.807) is 6.92 Å². The van der Waals surface area contributed by atoms with Gasteiger partial charge in [-0.05, 0) is 38.5 Å². The Morgan fingerprint density at radius 3 is 2.37 bits per heavy atom. The molecule has 0 atom stereocenters. The van der Waals surface area contributed by atoms with Crippen LogP contribution in [0.4, 0.5) is 0 Å². The van der Waals surface area contributed by atoms with Gasteiger partial charge >= 0.3 is 5.97 Å². The summed E-state index contributed by atoms with van der Waals surface area (Å²) >= 11 is 0. The molecule has 1 N–H and O–H groups in total. The van der Waals surface area contributed by atoms with Crippen LogP contribution in [0, 0.1) is 5.92 Å². The first-order valence-electron chi connectivity index (χ1n) is 6.72. The van der Waals surface area contributed by atoms with E-state index in [2.05, 4.69) is 6.92 Å². The van der Waals surface area contributed by atoms with Crippen molar-refractivity contribution in [2.45, 2.75) is 51.5 Å². The Morgan fingerprint density at radius 2 is 2.00 bits per heavy atom. The van der Waals surface area contributed by atoms with Gasteiger partial charge in [-0.2, -0.15) is 0 Å². The zero-order valence-corrected chi connectivity index (χ0v) is 11.3. The van der Waals surface area contributed by atoms with Crippen molar-refractivity contribution in [2.24, 2.45) is 5.92 Å². The van der Waals surface area contributed by atoms with Gasteiger partial charge in [0.05, 0.1) is 0 Å². The predicted molar refractivity (Wildman–Crippen MR) is 68.2 cm³/mol. The maximum Gasteiger partial charge on any atom is 0.330 e. The van der Waals surface area contributed by atoms with Gasteiger partial charge in [-0.3, -0.25) is 14.5 Å². The highest BCUT2D eigenvalue weighted by molar-refractivity contribution is 6.18. The standard InChI is InChI=1S/C14H19NO4/c1-3-10-4-6-14(7-5-10,13(18)19)15-11(16)8-9(2)12(15)17/h8,10H,3-7H2,1-2H3,(H,18,19). The number of carboxylic acid groups (broad SMARTS) is 1. The molecule has 19 heavy (non-hydrogen) atoms. The summed E-state index contributed by atoms with van der Waals surface area (Å²) in [5.74, 6) is -1.51. The Bertz CT molecular complexity index is 458. The van der Waals surface area contributed by atoms with E-state index >= 15 is 0 Å². The Hall–Kier alpha value is -1.65. The second-order valence-corrected chi connectivity index (χ2v) is 5.49. The van der Waals surface area contributed by atoms with Crippen LogP contribution < -0.4 is 0 Å². The highest BCUT2D eigenvalue weighted by Gasteiger charge is 2.52. The Balaban J connectivity index is 2.30. The first-order valence-corrected chi connectivity index (χ1v) is 6.72. The number of aliphatic carboxylic acids is 1. The van der Waals surface area contributed by atoms with Crippen LogP contribution in [0.3, 0.4) is 0 Å². The van der Waals surface area contributed by atoms with Crippen molar-refractivity contribution in [3.63, 3.8) is 0 Å². The number of hydrogen-bond donors (Lipinski definition) is 1. The molecule has 0 radical (unpaired) electrons. The molecule has 2 aliphatic rings. The summed E-state index contributed by atoms with van der Waals surface area (Å²) in [5.41, 5.74) is -1.02. The fourth-order valence-electron chi connectivity index (χ4n) is 3.09. The van der Waals surface area contributed by atoms with Crippen molar-refractivity contribution in [3.05, 3.63) is 11.6 Å². The molecule has 1 aliphatic heterocycles. The van der Waals surface area contributed by atoms with Gasteiger partial charge in [0.25, 0.3) is 11.8 Å². The monoisotopic (exact) mass is 265 g/mol. The van der Waals surface area contributed by atoms with Gasteiger partial charge in [-0.1, -0.05) is 13.3 Å². The molecule has 5 heteroatoms. The third-order valence-electron chi connectivity index (χ3n) is 4.44. The first kappa shape index (κ1) is 13.8. The van der Waals surface area contributed by atoms with Crippen LogP contribution in [-0.4, -0.2) is 33.3 Å². The maximum atomic E-state index is 12.0. The lowest BCUT2D eigenvalue weighted by molar-refractivity contribution is -0.165. The van der Waals surface area contributed by atoms with E-state index in [9.17, 15) is 19.5 Å². The number of nitrogens with zero attached hydrogens (tertiary/aromatic N) is 1. The Labute approximate surface area is 112 Å². The zero-order chi connectivity index (χ0) is 14.2. The van der Waals surface area contributed by atoms with Gasteiger partial charge in [0, 0.05) is 11.6 Å². The third kappa shape index (κ3) is 2.07. The molecule has 0 aromatic rings. The number of carbonyl (C=O) groups excluding carboxylic acids is 2. The van der Waals surface area contributed by atoms with Gasteiger partial charge in [0.1, 0.15) is 5.54 Å². The minimum Gasteiger partial charge on any atom is -0.479 e. The van der Waals surface area contributed by atoms with Gasteiger partial charge in [0.15, 0.2) is 0 Å². The normalized spacial score (nSPS) is 31.6. The van der Waals surface area contributed by atoms with Crippen molar-refractivity contribution in [2.75, 3.05) is 0 Å². The summed E-state index contributed by atoms with van der Waals surface area (Å²) in [6, 6.07) is 0. The number of rotatable bonds is 3. The molecule has 104 valence electrons. The van der Waals surface area contributed by atoms with Gasteiger partial charge in [-0.25, -0.2) is 4.79 Å². The smallest absolute Gasteiger partial charge is 0.330 e. The fourth-order valence-corrected chi connectivity index (χ4v) is 3.09. The number of amides is 2. The van der Waals surface area contributed by atoms with Crippen LogP contribution in [0.25, 0.3) is 0 Å². The highest BCUT2D eigenvalue weighted by Crippen LogP contribution is 2.40. The zero-order valence-electron chi connectivity index (χ0n) is 11.3. The van der Waals surface area contributed by atoms with Gasteiger partial charge < -0.3 is 5.11 Å². The summed E-state index contributed by atoms with van der Waals surface area (Å²) in [4.78, 5) is 36.6. The number of hydrogen-bond acceptors (Lipinski definition) is 3. The van der Waals surface area contributed by atoms with Crippen molar-refractivity contribution in [1.82, 2.24) is 4.90 Å². The lowest BCUT2D eigenvalue weighted by Gasteiger charge is -2.41. The van der Waals surface area contributed by atoms with Crippen LogP contribution in [-0.2, 0) is 14.4 Å². The predicted octanol–water partition coefficient (Wildman–Crippen LogP) is 1.73. The van der Waals surface area contributed by atoms with Crippen molar-refractivity contribution in [3.8, 4) is 0 Å². The molecule has 1 saturated carbocycles. The molecular weight excluding hydrogens is 246 g/mol. The molecule has 0 spiro atoms. The molecule has 2 amide bonds. The van der Waals surface area contributed by atoms with E-state index in [1.165, 1.54) is 6.08 Å². The lowest BCUT2D eigenvalue weighted by atomic mass is 9.74. The molecule has 1 aliphatic carbocycles. The number of imide groups is 1. The van der Waals surface area contributed by atoms with Crippen molar-refractivity contribution in [1.29, 1.82) is 0 Å². The number of carboxylic acids is 1. The number of carbonyl (C=O) groups is 3. The van der Waals surface area contributed by atoms with Crippen LogP contribution in [0.1, 0.15) is 46.0 Å². The SMILES string of the molecule is CCC1CCC(C(=O)O)(N2C(=O)C=C(C)C2=O)CC1. The minimum atomic E-state index is -1.34. The summed E-state index contributed by atoms with van der Waals surface area (Å²) in [6.45, 7) is 3.63. The Kier molecular flexibility index (Phi) is 3.47. The van der Waals surface area contributed by atoms with Gasteiger partial charge in [-0.15, -0.1) is 0 Å². The molecule has 0 unspecified atom stereocenters. The quantitative estimate of drug-likeness (QED) is 0.788. The minimum absolute atomic E-state index is 0.322. The Morgan fingerprint density at radius 1 is 1.42 bits per heavy atom. The average molecular weight is 265 g/mol. The molecular formula is C14H19NO4. The van der Waals surface area contributed by atoms with E-state index in [-0.39, 0.29) is 0 Å². The van der Waals surface area contributed by atoms with E-state index in [0.717, 1.165) is 24.2 Å². The first-order chi connectivity index (χ1) is 8.92. The van der Waals surface area contributed by atoms with E-state index in [4.69, 9.17) is 0 Å². The molecule has 1 heterocycles. The highest BCUT2D eigenvalue weighted by atomic mass is 16.4. The summed E-state index contributed by atoms with van der Waals surface area (Å²) in [7, 11) is 0. The van der Waals surface area contributed by atoms with Crippen molar-refractivity contribution >= 4 is 17.8 Å². The van der Waals surface area contributed by atoms with Gasteiger partial charge in [0.2, 0.25) is 0 Å². The molecule has 0 saturated heterocycles. The molecule has 1 fully saturated rings. The molecule has 0 aromatic carbocycles. The molecule has 2 rings (SSSR count). The molecule has 0 aromatic heterocycles. The topological polar surface area (TPSA) is 74.7 Å². The van der Waals surface area contributed by atoms with Crippen LogP contribution in [0.15, 0.2) is 11.6 Å².